The lowest BCUT2D eigenvalue weighted by molar-refractivity contribution is 0.146. The van der Waals surface area contributed by atoms with Crippen LogP contribution in [0.2, 0.25) is 0 Å². The molecular weight excluding hydrogens is 335 g/mol. The van der Waals surface area contributed by atoms with Gasteiger partial charge in [-0.15, -0.1) is 6.58 Å². The predicted molar refractivity (Wildman–Crippen MR) is 111 cm³/mol. The first kappa shape index (κ1) is 19.8. The summed E-state index contributed by atoms with van der Waals surface area (Å²) in [6.07, 6.45) is 9.69. The van der Waals surface area contributed by atoms with Gasteiger partial charge < -0.3 is 4.74 Å². The molecule has 0 saturated heterocycles. The number of benzene rings is 2. The summed E-state index contributed by atoms with van der Waals surface area (Å²) in [6.45, 7) is 6.60. The van der Waals surface area contributed by atoms with E-state index < -0.39 is 0 Å². The van der Waals surface area contributed by atoms with E-state index in [1.165, 1.54) is 44.1 Å². The molecule has 0 radical (unpaired) electrons. The minimum Gasteiger partial charge on any atom is -0.373 e. The molecule has 2 aromatic rings. The molecule has 144 valence electrons. The fourth-order valence-electron chi connectivity index (χ4n) is 4.24. The highest BCUT2D eigenvalue weighted by atomic mass is 19.1. The third-order valence-corrected chi connectivity index (χ3v) is 5.81. The quantitative estimate of drug-likeness (QED) is 0.352. The van der Waals surface area contributed by atoms with Crippen molar-refractivity contribution in [2.45, 2.75) is 58.0 Å². The second-order valence-electron chi connectivity index (χ2n) is 7.74. The van der Waals surface area contributed by atoms with Gasteiger partial charge in [-0.2, -0.15) is 0 Å². The Morgan fingerprint density at radius 2 is 1.74 bits per heavy atom. The van der Waals surface area contributed by atoms with Crippen molar-refractivity contribution in [1.29, 1.82) is 0 Å². The lowest BCUT2D eigenvalue weighted by atomic mass is 9.77. The SMILES string of the molecule is C=CCOCc1ccc(-c2ccc([C@H]3CC[C@H](CCC)CC3)cc2)cc1F. The Balaban J connectivity index is 1.63. The predicted octanol–water partition coefficient (Wildman–Crippen LogP) is 7.27. The van der Waals surface area contributed by atoms with Crippen LogP contribution >= 0.6 is 0 Å². The zero-order valence-electron chi connectivity index (χ0n) is 16.4. The van der Waals surface area contributed by atoms with Crippen LogP contribution in [0.25, 0.3) is 11.1 Å². The van der Waals surface area contributed by atoms with Gasteiger partial charge >= 0.3 is 0 Å². The van der Waals surface area contributed by atoms with E-state index in [4.69, 9.17) is 4.74 Å². The first-order valence-corrected chi connectivity index (χ1v) is 10.3. The van der Waals surface area contributed by atoms with Crippen LogP contribution in [0.4, 0.5) is 4.39 Å². The highest BCUT2D eigenvalue weighted by Gasteiger charge is 2.21. The van der Waals surface area contributed by atoms with Crippen LogP contribution < -0.4 is 0 Å². The third kappa shape index (κ3) is 5.29. The number of halogens is 1. The van der Waals surface area contributed by atoms with E-state index in [1.54, 1.807) is 12.1 Å². The molecule has 1 saturated carbocycles. The maximum atomic E-state index is 14.3. The van der Waals surface area contributed by atoms with Crippen molar-refractivity contribution in [1.82, 2.24) is 0 Å². The smallest absolute Gasteiger partial charge is 0.129 e. The van der Waals surface area contributed by atoms with Crippen molar-refractivity contribution in [3.63, 3.8) is 0 Å². The van der Waals surface area contributed by atoms with Crippen molar-refractivity contribution >= 4 is 0 Å². The van der Waals surface area contributed by atoms with E-state index in [2.05, 4.69) is 37.8 Å². The normalized spacial score (nSPS) is 19.8. The monoisotopic (exact) mass is 366 g/mol. The Morgan fingerprint density at radius 1 is 1.04 bits per heavy atom. The van der Waals surface area contributed by atoms with E-state index in [0.29, 0.717) is 18.1 Å². The summed E-state index contributed by atoms with van der Waals surface area (Å²) in [5.74, 6) is 1.41. The molecule has 0 aromatic heterocycles. The van der Waals surface area contributed by atoms with Crippen molar-refractivity contribution in [3.8, 4) is 11.1 Å². The molecule has 27 heavy (non-hydrogen) atoms. The fraction of sp³-hybridized carbons (Fsp3) is 0.440. The number of hydrogen-bond acceptors (Lipinski definition) is 1. The molecule has 3 rings (SSSR count). The van der Waals surface area contributed by atoms with Crippen molar-refractivity contribution < 1.29 is 9.13 Å². The van der Waals surface area contributed by atoms with Gasteiger partial charge in [0.2, 0.25) is 0 Å². The molecule has 2 aromatic carbocycles. The van der Waals surface area contributed by atoms with Gasteiger partial charge in [-0.05, 0) is 60.3 Å². The van der Waals surface area contributed by atoms with E-state index in [-0.39, 0.29) is 12.4 Å². The minimum atomic E-state index is -0.213. The van der Waals surface area contributed by atoms with Crippen molar-refractivity contribution in [3.05, 3.63) is 72.1 Å². The van der Waals surface area contributed by atoms with Gasteiger partial charge in [-0.3, -0.25) is 0 Å². The highest BCUT2D eigenvalue weighted by Crippen LogP contribution is 2.38. The number of rotatable bonds is 8. The molecule has 0 unspecified atom stereocenters. The molecule has 1 aliphatic rings. The second-order valence-corrected chi connectivity index (χ2v) is 7.74. The van der Waals surface area contributed by atoms with Gasteiger partial charge in [-0.25, -0.2) is 4.39 Å². The Labute approximate surface area is 163 Å². The van der Waals surface area contributed by atoms with Gasteiger partial charge in [-0.1, -0.05) is 62.2 Å². The van der Waals surface area contributed by atoms with Crippen LogP contribution in [-0.4, -0.2) is 6.61 Å². The summed E-state index contributed by atoms with van der Waals surface area (Å²) in [6, 6.07) is 14.1. The van der Waals surface area contributed by atoms with Gasteiger partial charge in [0.1, 0.15) is 5.82 Å². The fourth-order valence-corrected chi connectivity index (χ4v) is 4.24. The second kappa shape index (κ2) is 9.85. The zero-order valence-corrected chi connectivity index (χ0v) is 16.4. The molecular formula is C25H31FO. The van der Waals surface area contributed by atoms with Gasteiger partial charge in [0, 0.05) is 5.56 Å². The average molecular weight is 367 g/mol. The average Bonchev–Trinajstić information content (AvgIpc) is 2.70. The van der Waals surface area contributed by atoms with Crippen LogP contribution in [0.15, 0.2) is 55.1 Å². The third-order valence-electron chi connectivity index (χ3n) is 5.81. The van der Waals surface area contributed by atoms with Crippen LogP contribution in [0.1, 0.15) is 62.5 Å². The Bertz CT molecular complexity index is 726. The van der Waals surface area contributed by atoms with E-state index in [1.807, 2.05) is 12.1 Å². The van der Waals surface area contributed by atoms with Gasteiger partial charge in [0.25, 0.3) is 0 Å². The summed E-state index contributed by atoms with van der Waals surface area (Å²) in [4.78, 5) is 0. The lowest BCUT2D eigenvalue weighted by Crippen LogP contribution is -2.13. The van der Waals surface area contributed by atoms with Crippen molar-refractivity contribution in [2.24, 2.45) is 5.92 Å². The molecule has 0 heterocycles. The first-order chi connectivity index (χ1) is 13.2. The topological polar surface area (TPSA) is 9.23 Å². The van der Waals surface area contributed by atoms with Crippen LogP contribution in [0.3, 0.4) is 0 Å². The van der Waals surface area contributed by atoms with Gasteiger partial charge in [0.05, 0.1) is 13.2 Å². The highest BCUT2D eigenvalue weighted by molar-refractivity contribution is 5.64. The summed E-state index contributed by atoms with van der Waals surface area (Å²) in [5, 5.41) is 0. The zero-order chi connectivity index (χ0) is 19.1. The minimum absolute atomic E-state index is 0.213. The molecule has 0 atom stereocenters. The number of ether oxygens (including phenoxy) is 1. The summed E-state index contributed by atoms with van der Waals surface area (Å²) < 4.78 is 19.7. The largest absolute Gasteiger partial charge is 0.373 e. The standard InChI is InChI=1S/C25H31FO/c1-3-5-19-6-8-20(9-7-19)21-10-12-22(13-11-21)23-14-15-24(25(26)17-23)18-27-16-4-2/h4,10-15,17,19-20H,2-3,5-9,16,18H2,1H3/t19-,20-. The lowest BCUT2D eigenvalue weighted by Gasteiger charge is -2.28. The Kier molecular flexibility index (Phi) is 7.23. The van der Waals surface area contributed by atoms with E-state index >= 15 is 0 Å². The molecule has 1 aliphatic carbocycles. The molecule has 0 aliphatic heterocycles. The summed E-state index contributed by atoms with van der Waals surface area (Å²) >= 11 is 0. The number of hydrogen-bond donors (Lipinski definition) is 0. The van der Waals surface area contributed by atoms with Crippen LogP contribution in [0.5, 0.6) is 0 Å². The molecule has 0 bridgehead atoms. The van der Waals surface area contributed by atoms with Crippen molar-refractivity contribution in [2.75, 3.05) is 6.61 Å². The maximum absolute atomic E-state index is 14.3. The first-order valence-electron chi connectivity index (χ1n) is 10.3. The van der Waals surface area contributed by atoms with Crippen LogP contribution in [0, 0.1) is 11.7 Å². The van der Waals surface area contributed by atoms with E-state index in [9.17, 15) is 4.39 Å². The summed E-state index contributed by atoms with van der Waals surface area (Å²) in [5.41, 5.74) is 4.00. The van der Waals surface area contributed by atoms with Gasteiger partial charge in [0.15, 0.2) is 0 Å². The molecule has 0 amide bonds. The Morgan fingerprint density at radius 3 is 2.37 bits per heavy atom. The molecule has 2 heteroatoms. The molecule has 0 N–H and O–H groups in total. The molecule has 1 nitrogen and oxygen atoms in total. The van der Waals surface area contributed by atoms with E-state index in [0.717, 1.165) is 17.0 Å². The molecule has 1 fully saturated rings. The Hall–Kier alpha value is -1.93. The molecule has 0 spiro atoms. The maximum Gasteiger partial charge on any atom is 0.129 e. The summed E-state index contributed by atoms with van der Waals surface area (Å²) in [7, 11) is 0. The van der Waals surface area contributed by atoms with Crippen LogP contribution in [-0.2, 0) is 11.3 Å².